The fraction of sp³-hybridized carbons (Fsp3) is 0.238. The molecule has 0 radical (unpaired) electrons. The molecule has 1 aliphatic heterocycles. The van der Waals surface area contributed by atoms with Crippen molar-refractivity contribution in [2.45, 2.75) is 20.0 Å². The highest BCUT2D eigenvalue weighted by Crippen LogP contribution is 2.23. The Morgan fingerprint density at radius 2 is 2.04 bits per heavy atom. The molecule has 3 aromatic rings. The van der Waals surface area contributed by atoms with Crippen LogP contribution in [0.4, 0.5) is 5.69 Å². The lowest BCUT2D eigenvalue weighted by atomic mass is 9.97. The van der Waals surface area contributed by atoms with Crippen molar-refractivity contribution in [3.8, 4) is 0 Å². The van der Waals surface area contributed by atoms with Crippen LogP contribution >= 0.6 is 0 Å². The van der Waals surface area contributed by atoms with Crippen molar-refractivity contribution in [2.75, 3.05) is 11.9 Å². The van der Waals surface area contributed by atoms with Crippen molar-refractivity contribution in [1.29, 1.82) is 0 Å². The standard InChI is InChI=1S/C21H20N2O3/c1-13-10-15-11-16(6-7-19(15)23(2)21(13)25)22-20(24)17-5-3-4-14-8-9-26-12-18(14)17/h3-7,10-11H,8-9,12H2,1-2H3,(H,22,24). The maximum atomic E-state index is 12.8. The van der Waals surface area contributed by atoms with Crippen LogP contribution in [-0.2, 0) is 24.8 Å². The summed E-state index contributed by atoms with van der Waals surface area (Å²) < 4.78 is 7.15. The Morgan fingerprint density at radius 1 is 1.19 bits per heavy atom. The second-order valence-corrected chi connectivity index (χ2v) is 6.67. The first-order chi connectivity index (χ1) is 12.5. The molecule has 0 bridgehead atoms. The number of hydrogen-bond donors (Lipinski definition) is 1. The molecule has 26 heavy (non-hydrogen) atoms. The summed E-state index contributed by atoms with van der Waals surface area (Å²) in [4.78, 5) is 24.8. The van der Waals surface area contributed by atoms with Gasteiger partial charge in [0.2, 0.25) is 0 Å². The van der Waals surface area contributed by atoms with Gasteiger partial charge in [-0.15, -0.1) is 0 Å². The monoisotopic (exact) mass is 348 g/mol. The van der Waals surface area contributed by atoms with E-state index >= 15 is 0 Å². The maximum absolute atomic E-state index is 12.8. The average Bonchev–Trinajstić information content (AvgIpc) is 2.65. The number of carbonyl (C=O) groups is 1. The second kappa shape index (κ2) is 6.42. The largest absolute Gasteiger partial charge is 0.376 e. The zero-order chi connectivity index (χ0) is 18.3. The van der Waals surface area contributed by atoms with Gasteiger partial charge in [0.05, 0.1) is 18.7 Å². The van der Waals surface area contributed by atoms with Crippen LogP contribution in [0.3, 0.4) is 0 Å². The molecule has 0 saturated heterocycles. The molecule has 0 fully saturated rings. The predicted octanol–water partition coefficient (Wildman–Crippen LogP) is 3.17. The first-order valence-electron chi connectivity index (χ1n) is 8.65. The molecule has 132 valence electrons. The summed E-state index contributed by atoms with van der Waals surface area (Å²) >= 11 is 0. The molecule has 0 atom stereocenters. The summed E-state index contributed by atoms with van der Waals surface area (Å²) in [6, 6.07) is 13.2. The highest BCUT2D eigenvalue weighted by atomic mass is 16.5. The molecular weight excluding hydrogens is 328 g/mol. The number of aryl methyl sites for hydroxylation is 2. The van der Waals surface area contributed by atoms with Crippen LogP contribution in [0.2, 0.25) is 0 Å². The number of rotatable bonds is 2. The lowest BCUT2D eigenvalue weighted by Crippen LogP contribution is -2.20. The van der Waals surface area contributed by atoms with Gasteiger partial charge in [-0.25, -0.2) is 0 Å². The van der Waals surface area contributed by atoms with Gasteiger partial charge in [-0.05, 0) is 54.8 Å². The van der Waals surface area contributed by atoms with Gasteiger partial charge in [0.1, 0.15) is 0 Å². The quantitative estimate of drug-likeness (QED) is 0.774. The topological polar surface area (TPSA) is 60.3 Å². The normalized spacial score (nSPS) is 13.5. The lowest BCUT2D eigenvalue weighted by molar-refractivity contribution is 0.0985. The Labute approximate surface area is 151 Å². The van der Waals surface area contributed by atoms with Gasteiger partial charge in [-0.3, -0.25) is 9.59 Å². The van der Waals surface area contributed by atoms with Crippen LogP contribution in [0.5, 0.6) is 0 Å². The van der Waals surface area contributed by atoms with Gasteiger partial charge < -0.3 is 14.6 Å². The Morgan fingerprint density at radius 3 is 2.88 bits per heavy atom. The molecule has 1 aliphatic rings. The Hall–Kier alpha value is -2.92. The second-order valence-electron chi connectivity index (χ2n) is 6.67. The highest BCUT2D eigenvalue weighted by Gasteiger charge is 2.18. The van der Waals surface area contributed by atoms with Gasteiger partial charge in [-0.2, -0.15) is 0 Å². The van der Waals surface area contributed by atoms with Crippen LogP contribution in [0, 0.1) is 6.92 Å². The van der Waals surface area contributed by atoms with Gasteiger partial charge in [-0.1, -0.05) is 12.1 Å². The number of pyridine rings is 1. The Kier molecular flexibility index (Phi) is 4.09. The SMILES string of the molecule is Cc1cc2cc(NC(=O)c3cccc4c3COCC4)ccc2n(C)c1=O. The molecule has 0 aliphatic carbocycles. The van der Waals surface area contributed by atoms with E-state index in [0.29, 0.717) is 30.0 Å². The number of nitrogens with one attached hydrogen (secondary N) is 1. The zero-order valence-electron chi connectivity index (χ0n) is 14.8. The molecule has 0 spiro atoms. The third-order valence-corrected chi connectivity index (χ3v) is 4.94. The number of anilines is 1. The number of amides is 1. The molecule has 0 saturated carbocycles. The van der Waals surface area contributed by atoms with Gasteiger partial charge in [0.15, 0.2) is 0 Å². The predicted molar refractivity (Wildman–Crippen MR) is 102 cm³/mol. The molecule has 1 amide bonds. The van der Waals surface area contributed by atoms with E-state index in [0.717, 1.165) is 22.9 Å². The van der Waals surface area contributed by atoms with Gasteiger partial charge >= 0.3 is 0 Å². The van der Waals surface area contributed by atoms with Crippen LogP contribution < -0.4 is 10.9 Å². The highest BCUT2D eigenvalue weighted by molar-refractivity contribution is 6.06. The third kappa shape index (κ3) is 2.80. The minimum atomic E-state index is -0.145. The fourth-order valence-corrected chi connectivity index (χ4v) is 3.53. The van der Waals surface area contributed by atoms with Gasteiger partial charge in [0.25, 0.3) is 11.5 Å². The van der Waals surface area contributed by atoms with E-state index < -0.39 is 0 Å². The van der Waals surface area contributed by atoms with Crippen molar-refractivity contribution >= 4 is 22.5 Å². The smallest absolute Gasteiger partial charge is 0.256 e. The molecule has 2 aromatic carbocycles. The zero-order valence-corrected chi connectivity index (χ0v) is 14.8. The first kappa shape index (κ1) is 16.5. The van der Waals surface area contributed by atoms with Crippen molar-refractivity contribution in [2.24, 2.45) is 7.05 Å². The minimum Gasteiger partial charge on any atom is -0.376 e. The number of benzene rings is 2. The lowest BCUT2D eigenvalue weighted by Gasteiger charge is -2.19. The summed E-state index contributed by atoms with van der Waals surface area (Å²) in [5, 5.41) is 3.89. The van der Waals surface area contributed by atoms with E-state index in [2.05, 4.69) is 5.32 Å². The van der Waals surface area contributed by atoms with Crippen LogP contribution in [0.25, 0.3) is 10.9 Å². The number of fused-ring (bicyclic) bond motifs is 2. The van der Waals surface area contributed by atoms with Crippen molar-refractivity contribution in [1.82, 2.24) is 4.57 Å². The van der Waals surface area contributed by atoms with E-state index in [9.17, 15) is 9.59 Å². The minimum absolute atomic E-state index is 0.00907. The van der Waals surface area contributed by atoms with Crippen LogP contribution in [0.15, 0.2) is 47.3 Å². The molecule has 5 heteroatoms. The molecule has 4 rings (SSSR count). The molecule has 1 aromatic heterocycles. The van der Waals surface area contributed by atoms with E-state index in [-0.39, 0.29) is 11.5 Å². The maximum Gasteiger partial charge on any atom is 0.256 e. The van der Waals surface area contributed by atoms with Crippen molar-refractivity contribution < 1.29 is 9.53 Å². The Balaban J connectivity index is 1.68. The molecule has 1 N–H and O–H groups in total. The molecule has 0 unspecified atom stereocenters. The number of hydrogen-bond acceptors (Lipinski definition) is 3. The summed E-state index contributed by atoms with van der Waals surface area (Å²) in [6.07, 6.45) is 0.833. The van der Waals surface area contributed by atoms with Crippen molar-refractivity contribution in [3.63, 3.8) is 0 Å². The van der Waals surface area contributed by atoms with Crippen molar-refractivity contribution in [3.05, 3.63) is 75.1 Å². The summed E-state index contributed by atoms with van der Waals surface area (Å²) in [5.41, 5.74) is 5.00. The van der Waals surface area contributed by atoms with E-state index in [1.807, 2.05) is 42.5 Å². The van der Waals surface area contributed by atoms with E-state index in [1.54, 1.807) is 18.5 Å². The van der Waals surface area contributed by atoms with Gasteiger partial charge in [0, 0.05) is 29.2 Å². The number of aromatic nitrogens is 1. The van der Waals surface area contributed by atoms with Crippen LogP contribution in [-0.4, -0.2) is 17.1 Å². The van der Waals surface area contributed by atoms with E-state index in [4.69, 9.17) is 4.74 Å². The third-order valence-electron chi connectivity index (χ3n) is 4.94. The summed E-state index contributed by atoms with van der Waals surface area (Å²) in [6.45, 7) is 2.96. The summed E-state index contributed by atoms with van der Waals surface area (Å²) in [7, 11) is 1.76. The average molecular weight is 348 g/mol. The Bertz CT molecular complexity index is 1080. The van der Waals surface area contributed by atoms with Crippen LogP contribution in [0.1, 0.15) is 27.0 Å². The number of nitrogens with zero attached hydrogens (tertiary/aromatic N) is 1. The van der Waals surface area contributed by atoms with E-state index in [1.165, 1.54) is 5.56 Å². The number of ether oxygens (including phenoxy) is 1. The molecule has 5 nitrogen and oxygen atoms in total. The number of carbonyl (C=O) groups excluding carboxylic acids is 1. The molecular formula is C21H20N2O3. The first-order valence-corrected chi connectivity index (χ1v) is 8.65. The summed E-state index contributed by atoms with van der Waals surface area (Å²) in [5.74, 6) is -0.145. The molecule has 2 heterocycles. The fourth-order valence-electron chi connectivity index (χ4n) is 3.53.